The molecule has 0 aliphatic carbocycles. The number of rotatable bonds is 5. The molecular formula is C14H13NO4S. The summed E-state index contributed by atoms with van der Waals surface area (Å²) in [4.78, 5) is 23.0. The molecule has 2 aromatic rings. The van der Waals surface area contributed by atoms with Gasteiger partial charge in [0.25, 0.3) is 0 Å². The number of carbonyl (C=O) groups is 2. The van der Waals surface area contributed by atoms with Crippen molar-refractivity contribution in [3.05, 3.63) is 51.7 Å². The standard InChI is InChI=1S/C14H13NO4S/c1-19-14(18)9-2-4-11(5-3-9)15-7-12-6-10(8-20-12)13(16)17/h2-6,8,15H,7H2,1H3,(H,16,17). The van der Waals surface area contributed by atoms with E-state index in [1.807, 2.05) is 0 Å². The molecule has 2 N–H and O–H groups in total. The van der Waals surface area contributed by atoms with Gasteiger partial charge in [0.15, 0.2) is 0 Å². The van der Waals surface area contributed by atoms with Crippen LogP contribution in [-0.4, -0.2) is 24.2 Å². The van der Waals surface area contributed by atoms with E-state index in [4.69, 9.17) is 5.11 Å². The highest BCUT2D eigenvalue weighted by atomic mass is 32.1. The Hall–Kier alpha value is -2.34. The number of carbonyl (C=O) groups excluding carboxylic acids is 1. The van der Waals surface area contributed by atoms with Crippen molar-refractivity contribution in [1.29, 1.82) is 0 Å². The van der Waals surface area contributed by atoms with Gasteiger partial charge in [-0.2, -0.15) is 0 Å². The number of ether oxygens (including phenoxy) is 1. The second-order valence-electron chi connectivity index (χ2n) is 4.03. The number of carboxylic acid groups (broad SMARTS) is 1. The Morgan fingerprint density at radius 1 is 1.25 bits per heavy atom. The van der Waals surface area contributed by atoms with Crippen LogP contribution in [0.25, 0.3) is 0 Å². The summed E-state index contributed by atoms with van der Waals surface area (Å²) in [5.41, 5.74) is 1.64. The number of nitrogens with one attached hydrogen (secondary N) is 1. The van der Waals surface area contributed by atoms with Crippen LogP contribution < -0.4 is 5.32 Å². The Bertz CT molecular complexity index is 618. The normalized spacial score (nSPS) is 10.1. The van der Waals surface area contributed by atoms with Crippen molar-refractivity contribution in [2.75, 3.05) is 12.4 Å². The molecule has 20 heavy (non-hydrogen) atoms. The maximum absolute atomic E-state index is 11.3. The fraction of sp³-hybridized carbons (Fsp3) is 0.143. The lowest BCUT2D eigenvalue weighted by atomic mass is 10.2. The summed E-state index contributed by atoms with van der Waals surface area (Å²) in [5.74, 6) is -1.30. The van der Waals surface area contributed by atoms with Gasteiger partial charge in [-0.25, -0.2) is 9.59 Å². The molecule has 0 radical (unpaired) electrons. The van der Waals surface area contributed by atoms with E-state index in [1.165, 1.54) is 18.4 Å². The van der Waals surface area contributed by atoms with Crippen molar-refractivity contribution in [3.8, 4) is 0 Å². The third kappa shape index (κ3) is 3.36. The number of hydrogen-bond donors (Lipinski definition) is 2. The number of thiophene rings is 1. The molecule has 0 saturated carbocycles. The lowest BCUT2D eigenvalue weighted by molar-refractivity contribution is 0.0600. The first kappa shape index (κ1) is 14.1. The van der Waals surface area contributed by atoms with E-state index in [0.717, 1.165) is 10.6 Å². The first-order chi connectivity index (χ1) is 9.60. The van der Waals surface area contributed by atoms with Crippen molar-refractivity contribution in [2.24, 2.45) is 0 Å². The van der Waals surface area contributed by atoms with Gasteiger partial charge in [-0.05, 0) is 30.3 Å². The monoisotopic (exact) mass is 291 g/mol. The predicted octanol–water partition coefficient (Wildman–Crippen LogP) is 2.85. The van der Waals surface area contributed by atoms with Gasteiger partial charge < -0.3 is 15.2 Å². The molecule has 6 heteroatoms. The number of benzene rings is 1. The summed E-state index contributed by atoms with van der Waals surface area (Å²) in [6.45, 7) is 0.537. The average Bonchev–Trinajstić information content (AvgIpc) is 2.94. The number of hydrogen-bond acceptors (Lipinski definition) is 5. The number of aromatic carboxylic acids is 1. The van der Waals surface area contributed by atoms with Crippen LogP contribution in [0.15, 0.2) is 35.7 Å². The molecule has 0 aliphatic rings. The topological polar surface area (TPSA) is 75.6 Å². The van der Waals surface area contributed by atoms with Crippen molar-refractivity contribution in [1.82, 2.24) is 0 Å². The summed E-state index contributed by atoms with van der Waals surface area (Å²) in [6, 6.07) is 8.54. The van der Waals surface area contributed by atoms with E-state index in [9.17, 15) is 9.59 Å². The minimum absolute atomic E-state index is 0.299. The second-order valence-corrected chi connectivity index (χ2v) is 5.03. The van der Waals surface area contributed by atoms with E-state index in [0.29, 0.717) is 17.7 Å². The Morgan fingerprint density at radius 2 is 1.95 bits per heavy atom. The third-order valence-corrected chi connectivity index (χ3v) is 3.61. The van der Waals surface area contributed by atoms with Crippen LogP contribution >= 0.6 is 11.3 Å². The van der Waals surface area contributed by atoms with E-state index >= 15 is 0 Å². The first-order valence-corrected chi connectivity index (χ1v) is 6.71. The molecule has 0 fully saturated rings. The fourth-order valence-electron chi connectivity index (χ4n) is 1.62. The Kier molecular flexibility index (Phi) is 4.37. The van der Waals surface area contributed by atoms with Gasteiger partial charge in [0.05, 0.1) is 18.2 Å². The van der Waals surface area contributed by atoms with Gasteiger partial charge in [0.1, 0.15) is 0 Å². The zero-order valence-electron chi connectivity index (χ0n) is 10.8. The highest BCUT2D eigenvalue weighted by Crippen LogP contribution is 2.17. The van der Waals surface area contributed by atoms with Gasteiger partial charge in [0.2, 0.25) is 0 Å². The molecule has 2 rings (SSSR count). The summed E-state index contributed by atoms with van der Waals surface area (Å²) >= 11 is 1.39. The van der Waals surface area contributed by atoms with Gasteiger partial charge in [-0.3, -0.25) is 0 Å². The van der Waals surface area contributed by atoms with Crippen LogP contribution in [0.4, 0.5) is 5.69 Å². The quantitative estimate of drug-likeness (QED) is 0.828. The molecule has 0 amide bonds. The first-order valence-electron chi connectivity index (χ1n) is 5.83. The van der Waals surface area contributed by atoms with Gasteiger partial charge >= 0.3 is 11.9 Å². The highest BCUT2D eigenvalue weighted by Gasteiger charge is 2.07. The molecule has 0 unspecified atom stereocenters. The Labute approximate surface area is 119 Å². The van der Waals surface area contributed by atoms with E-state index < -0.39 is 5.97 Å². The summed E-state index contributed by atoms with van der Waals surface area (Å²) in [5, 5.41) is 13.6. The van der Waals surface area contributed by atoms with Crippen LogP contribution in [0.5, 0.6) is 0 Å². The van der Waals surface area contributed by atoms with Crippen LogP contribution in [0.3, 0.4) is 0 Å². The number of carboxylic acids is 1. The number of esters is 1. The third-order valence-electron chi connectivity index (χ3n) is 2.67. The zero-order chi connectivity index (χ0) is 14.5. The summed E-state index contributed by atoms with van der Waals surface area (Å²) in [7, 11) is 1.34. The second kappa shape index (κ2) is 6.21. The smallest absolute Gasteiger partial charge is 0.337 e. The minimum atomic E-state index is -0.921. The average molecular weight is 291 g/mol. The van der Waals surface area contributed by atoms with Gasteiger partial charge in [-0.15, -0.1) is 11.3 Å². The maximum atomic E-state index is 11.3. The zero-order valence-corrected chi connectivity index (χ0v) is 11.6. The van der Waals surface area contributed by atoms with Crippen molar-refractivity contribution in [2.45, 2.75) is 6.54 Å². The fourth-order valence-corrected chi connectivity index (χ4v) is 2.41. The molecule has 0 saturated heterocycles. The predicted molar refractivity (Wildman–Crippen MR) is 76.4 cm³/mol. The van der Waals surface area contributed by atoms with E-state index in [2.05, 4.69) is 10.1 Å². The minimum Gasteiger partial charge on any atom is -0.478 e. The molecule has 0 atom stereocenters. The molecule has 1 heterocycles. The summed E-state index contributed by atoms with van der Waals surface area (Å²) < 4.78 is 4.62. The molecule has 1 aromatic carbocycles. The largest absolute Gasteiger partial charge is 0.478 e. The number of anilines is 1. The molecule has 0 bridgehead atoms. The molecule has 0 aliphatic heterocycles. The highest BCUT2D eigenvalue weighted by molar-refractivity contribution is 7.10. The molecular weight excluding hydrogens is 278 g/mol. The van der Waals surface area contributed by atoms with Crippen molar-refractivity contribution in [3.63, 3.8) is 0 Å². The Balaban J connectivity index is 1.96. The lowest BCUT2D eigenvalue weighted by Crippen LogP contribution is -2.02. The Morgan fingerprint density at radius 3 is 2.50 bits per heavy atom. The maximum Gasteiger partial charge on any atom is 0.337 e. The molecule has 0 spiro atoms. The van der Waals surface area contributed by atoms with Crippen molar-refractivity contribution < 1.29 is 19.4 Å². The van der Waals surface area contributed by atoms with Crippen LogP contribution in [0, 0.1) is 0 Å². The van der Waals surface area contributed by atoms with Crippen molar-refractivity contribution >= 4 is 29.0 Å². The van der Waals surface area contributed by atoms with E-state index in [-0.39, 0.29) is 5.97 Å². The molecule has 1 aromatic heterocycles. The van der Waals surface area contributed by atoms with Crippen LogP contribution in [0.1, 0.15) is 25.6 Å². The summed E-state index contributed by atoms with van der Waals surface area (Å²) in [6.07, 6.45) is 0. The number of methoxy groups -OCH3 is 1. The van der Waals surface area contributed by atoms with E-state index in [1.54, 1.807) is 35.7 Å². The van der Waals surface area contributed by atoms with Crippen LogP contribution in [-0.2, 0) is 11.3 Å². The SMILES string of the molecule is COC(=O)c1ccc(NCc2cc(C(=O)O)cs2)cc1. The lowest BCUT2D eigenvalue weighted by Gasteiger charge is -2.05. The van der Waals surface area contributed by atoms with Gasteiger partial charge in [0, 0.05) is 22.5 Å². The van der Waals surface area contributed by atoms with Gasteiger partial charge in [-0.1, -0.05) is 0 Å². The van der Waals surface area contributed by atoms with Crippen LogP contribution in [0.2, 0.25) is 0 Å². The molecule has 104 valence electrons. The molecule has 5 nitrogen and oxygen atoms in total.